The molecule has 0 bridgehead atoms. The molecule has 0 rings (SSSR count). The summed E-state index contributed by atoms with van der Waals surface area (Å²) in [6.07, 6.45) is 1.04. The minimum absolute atomic E-state index is 0.596. The van der Waals surface area contributed by atoms with Gasteiger partial charge in [0, 0.05) is 20.1 Å². The second-order valence-electron chi connectivity index (χ2n) is 3.33. The Morgan fingerprint density at radius 3 is 2.17 bits per heavy atom. The molecule has 74 valence electrons. The van der Waals surface area contributed by atoms with E-state index < -0.39 is 8.56 Å². The standard InChI is InChI=1S/C8H19ClO2Si/c1-8(5-6-9)7-12(4,10-2)11-3/h8H,5-7H2,1-4H3. The fraction of sp³-hybridized carbons (Fsp3) is 1.00. The second-order valence-corrected chi connectivity index (χ2v) is 7.20. The monoisotopic (exact) mass is 210 g/mol. The van der Waals surface area contributed by atoms with Crippen LogP contribution in [0.15, 0.2) is 0 Å². The molecule has 0 N–H and O–H groups in total. The smallest absolute Gasteiger partial charge is 0.334 e. The summed E-state index contributed by atoms with van der Waals surface area (Å²) in [5.74, 6) is 1.32. The first-order valence-electron chi connectivity index (χ1n) is 4.24. The molecule has 0 radical (unpaired) electrons. The van der Waals surface area contributed by atoms with Crippen LogP contribution in [0.1, 0.15) is 13.3 Å². The zero-order chi connectivity index (χ0) is 9.61. The van der Waals surface area contributed by atoms with Crippen LogP contribution in [0.4, 0.5) is 0 Å². The maximum absolute atomic E-state index is 5.65. The Bertz CT molecular complexity index is 118. The number of hydrogen-bond donors (Lipinski definition) is 0. The Kier molecular flexibility index (Phi) is 6.18. The summed E-state index contributed by atoms with van der Waals surface area (Å²) in [7, 11) is 1.59. The second kappa shape index (κ2) is 5.97. The van der Waals surface area contributed by atoms with Crippen molar-refractivity contribution in [3.05, 3.63) is 0 Å². The van der Waals surface area contributed by atoms with Gasteiger partial charge in [-0.3, -0.25) is 0 Å². The molecule has 4 heteroatoms. The SMILES string of the molecule is CO[Si](C)(CC(C)CCCl)OC. The quantitative estimate of drug-likeness (QED) is 0.496. The van der Waals surface area contributed by atoms with E-state index in [1.807, 2.05) is 0 Å². The van der Waals surface area contributed by atoms with Crippen LogP contribution in [0, 0.1) is 5.92 Å². The molecule has 1 atom stereocenters. The predicted octanol–water partition coefficient (Wildman–Crippen LogP) is 2.62. The fourth-order valence-electron chi connectivity index (χ4n) is 1.17. The molecular weight excluding hydrogens is 192 g/mol. The van der Waals surface area contributed by atoms with Gasteiger partial charge in [0.2, 0.25) is 0 Å². The van der Waals surface area contributed by atoms with Gasteiger partial charge in [-0.25, -0.2) is 0 Å². The summed E-state index contributed by atoms with van der Waals surface area (Å²) in [6.45, 7) is 4.27. The lowest BCUT2D eigenvalue weighted by molar-refractivity contribution is 0.242. The van der Waals surface area contributed by atoms with Crippen molar-refractivity contribution in [1.82, 2.24) is 0 Å². The maximum atomic E-state index is 5.65. The van der Waals surface area contributed by atoms with Crippen LogP contribution in [-0.4, -0.2) is 28.7 Å². The van der Waals surface area contributed by atoms with E-state index in [2.05, 4.69) is 13.5 Å². The van der Waals surface area contributed by atoms with Crippen molar-refractivity contribution in [3.8, 4) is 0 Å². The lowest BCUT2D eigenvalue weighted by atomic mass is 10.2. The first-order valence-corrected chi connectivity index (χ1v) is 7.30. The van der Waals surface area contributed by atoms with Crippen molar-refractivity contribution < 1.29 is 8.85 Å². The number of hydrogen-bond acceptors (Lipinski definition) is 2. The molecule has 0 aromatic rings. The summed E-state index contributed by atoms with van der Waals surface area (Å²) in [4.78, 5) is 0. The molecule has 0 aliphatic carbocycles. The summed E-state index contributed by atoms with van der Waals surface area (Å²) >= 11 is 5.65. The summed E-state index contributed by atoms with van der Waals surface area (Å²) in [6, 6.07) is 1.02. The Labute approximate surface area is 81.5 Å². The highest BCUT2D eigenvalue weighted by Gasteiger charge is 2.30. The van der Waals surface area contributed by atoms with Crippen molar-refractivity contribution in [3.63, 3.8) is 0 Å². The zero-order valence-corrected chi connectivity index (χ0v) is 10.1. The van der Waals surface area contributed by atoms with Gasteiger partial charge in [-0.1, -0.05) is 6.92 Å². The lowest BCUT2D eigenvalue weighted by Crippen LogP contribution is -2.37. The molecule has 0 spiro atoms. The van der Waals surface area contributed by atoms with Crippen molar-refractivity contribution in [2.75, 3.05) is 20.1 Å². The number of alkyl halides is 1. The third-order valence-corrected chi connectivity index (χ3v) is 5.57. The first kappa shape index (κ1) is 12.4. The van der Waals surface area contributed by atoms with E-state index in [9.17, 15) is 0 Å². The Morgan fingerprint density at radius 2 is 1.83 bits per heavy atom. The van der Waals surface area contributed by atoms with Crippen LogP contribution in [-0.2, 0) is 8.85 Å². The van der Waals surface area contributed by atoms with Crippen LogP contribution >= 0.6 is 11.6 Å². The zero-order valence-electron chi connectivity index (χ0n) is 8.39. The van der Waals surface area contributed by atoms with Crippen LogP contribution in [0.2, 0.25) is 12.6 Å². The molecule has 0 saturated carbocycles. The average molecular weight is 211 g/mol. The predicted molar refractivity (Wildman–Crippen MR) is 54.9 cm³/mol. The third kappa shape index (κ3) is 4.45. The van der Waals surface area contributed by atoms with Crippen LogP contribution < -0.4 is 0 Å². The highest BCUT2D eigenvalue weighted by atomic mass is 35.5. The minimum Gasteiger partial charge on any atom is -0.398 e. The molecular formula is C8H19ClO2Si. The fourth-order valence-corrected chi connectivity index (χ4v) is 3.51. The van der Waals surface area contributed by atoms with Crippen LogP contribution in [0.5, 0.6) is 0 Å². The van der Waals surface area contributed by atoms with E-state index in [0.717, 1.165) is 18.3 Å². The first-order chi connectivity index (χ1) is 5.58. The average Bonchev–Trinajstić information content (AvgIpc) is 2.05. The van der Waals surface area contributed by atoms with Gasteiger partial charge in [0.25, 0.3) is 0 Å². The van der Waals surface area contributed by atoms with E-state index in [4.69, 9.17) is 20.5 Å². The summed E-state index contributed by atoms with van der Waals surface area (Å²) < 4.78 is 10.8. The normalized spacial score (nSPS) is 14.8. The molecule has 0 aromatic carbocycles. The van der Waals surface area contributed by atoms with Crippen LogP contribution in [0.25, 0.3) is 0 Å². The molecule has 0 heterocycles. The number of halogens is 1. The molecule has 0 saturated heterocycles. The van der Waals surface area contributed by atoms with Gasteiger partial charge in [0.15, 0.2) is 0 Å². The van der Waals surface area contributed by atoms with Crippen molar-refractivity contribution in [1.29, 1.82) is 0 Å². The topological polar surface area (TPSA) is 18.5 Å². The van der Waals surface area contributed by atoms with E-state index in [1.165, 1.54) is 0 Å². The van der Waals surface area contributed by atoms with Gasteiger partial charge in [0.1, 0.15) is 0 Å². The summed E-state index contributed by atoms with van der Waals surface area (Å²) in [5, 5.41) is 0. The highest BCUT2D eigenvalue weighted by Crippen LogP contribution is 2.20. The van der Waals surface area contributed by atoms with Gasteiger partial charge >= 0.3 is 8.56 Å². The van der Waals surface area contributed by atoms with Gasteiger partial charge in [-0.15, -0.1) is 11.6 Å². The van der Waals surface area contributed by atoms with Crippen molar-refractivity contribution in [2.45, 2.75) is 25.9 Å². The highest BCUT2D eigenvalue weighted by molar-refractivity contribution is 6.65. The van der Waals surface area contributed by atoms with Gasteiger partial charge in [-0.05, 0) is 24.9 Å². The van der Waals surface area contributed by atoms with E-state index in [0.29, 0.717) is 5.92 Å². The molecule has 2 nitrogen and oxygen atoms in total. The molecule has 0 aliphatic rings. The van der Waals surface area contributed by atoms with Crippen LogP contribution in [0.3, 0.4) is 0 Å². The van der Waals surface area contributed by atoms with Crippen molar-refractivity contribution >= 4 is 20.2 Å². The van der Waals surface area contributed by atoms with E-state index in [-0.39, 0.29) is 0 Å². The molecule has 0 amide bonds. The molecule has 0 fully saturated rings. The Morgan fingerprint density at radius 1 is 1.33 bits per heavy atom. The minimum atomic E-state index is -1.86. The maximum Gasteiger partial charge on any atom is 0.334 e. The van der Waals surface area contributed by atoms with Gasteiger partial charge < -0.3 is 8.85 Å². The number of rotatable bonds is 6. The van der Waals surface area contributed by atoms with Gasteiger partial charge in [0.05, 0.1) is 0 Å². The Hall–Kier alpha value is 0.427. The van der Waals surface area contributed by atoms with Crippen molar-refractivity contribution in [2.24, 2.45) is 5.92 Å². The molecule has 0 aliphatic heterocycles. The van der Waals surface area contributed by atoms with Gasteiger partial charge in [-0.2, -0.15) is 0 Å². The lowest BCUT2D eigenvalue weighted by Gasteiger charge is -2.25. The third-order valence-electron chi connectivity index (χ3n) is 2.18. The largest absolute Gasteiger partial charge is 0.398 e. The van der Waals surface area contributed by atoms with E-state index >= 15 is 0 Å². The summed E-state index contributed by atoms with van der Waals surface area (Å²) in [5.41, 5.74) is 0. The van der Waals surface area contributed by atoms with E-state index in [1.54, 1.807) is 14.2 Å². The molecule has 1 unspecified atom stereocenters. The molecule has 0 aromatic heterocycles. The Balaban J connectivity index is 3.84. The molecule has 12 heavy (non-hydrogen) atoms.